The van der Waals surface area contributed by atoms with E-state index in [0.29, 0.717) is 0 Å². The van der Waals surface area contributed by atoms with Gasteiger partial charge in [-0.05, 0) is 6.92 Å². The Kier molecular flexibility index (Phi) is 3.34. The number of alkyl halides is 3. The number of ketones is 1. The fourth-order valence-corrected chi connectivity index (χ4v) is 2.09. The van der Waals surface area contributed by atoms with Crippen molar-refractivity contribution in [3.63, 3.8) is 0 Å². The lowest BCUT2D eigenvalue weighted by Gasteiger charge is -2.34. The highest BCUT2D eigenvalue weighted by Gasteiger charge is 2.52. The van der Waals surface area contributed by atoms with Gasteiger partial charge in [0.05, 0.1) is 6.42 Å². The molecule has 0 aromatic carbocycles. The SMILES string of the molecule is CC1=C(C(=O)OCC(Cl)(Cl)Cl)N2C(=O)C[C@H]2C1=O. The Morgan fingerprint density at radius 2 is 2.06 bits per heavy atom. The molecule has 18 heavy (non-hydrogen) atoms. The molecule has 0 unspecified atom stereocenters. The first-order valence-electron chi connectivity index (χ1n) is 5.03. The van der Waals surface area contributed by atoms with Crippen LogP contribution in [0.3, 0.4) is 0 Å². The van der Waals surface area contributed by atoms with E-state index in [2.05, 4.69) is 0 Å². The summed E-state index contributed by atoms with van der Waals surface area (Å²) in [7, 11) is 0. The third kappa shape index (κ3) is 2.22. The highest BCUT2D eigenvalue weighted by molar-refractivity contribution is 6.67. The molecule has 0 bridgehead atoms. The van der Waals surface area contributed by atoms with Crippen molar-refractivity contribution in [1.82, 2.24) is 4.90 Å². The number of amides is 1. The van der Waals surface area contributed by atoms with Crippen LogP contribution in [-0.4, -0.2) is 39.0 Å². The molecule has 0 aliphatic carbocycles. The van der Waals surface area contributed by atoms with Crippen molar-refractivity contribution in [3.05, 3.63) is 11.3 Å². The van der Waals surface area contributed by atoms with E-state index in [4.69, 9.17) is 39.5 Å². The van der Waals surface area contributed by atoms with E-state index in [1.165, 1.54) is 6.92 Å². The minimum atomic E-state index is -1.73. The number of carbonyl (C=O) groups excluding carboxylic acids is 3. The van der Waals surface area contributed by atoms with Crippen molar-refractivity contribution in [2.24, 2.45) is 0 Å². The molecule has 98 valence electrons. The van der Waals surface area contributed by atoms with Gasteiger partial charge in [-0.3, -0.25) is 14.5 Å². The molecule has 2 aliphatic heterocycles. The van der Waals surface area contributed by atoms with Crippen LogP contribution in [0.2, 0.25) is 0 Å². The summed E-state index contributed by atoms with van der Waals surface area (Å²) in [5, 5.41) is 0. The van der Waals surface area contributed by atoms with Gasteiger partial charge in [0, 0.05) is 5.57 Å². The monoisotopic (exact) mass is 311 g/mol. The molecule has 0 N–H and O–H groups in total. The molecule has 1 amide bonds. The van der Waals surface area contributed by atoms with Gasteiger partial charge in [0.25, 0.3) is 0 Å². The van der Waals surface area contributed by atoms with E-state index in [1.807, 2.05) is 0 Å². The minimum Gasteiger partial charge on any atom is -0.456 e. The Balaban J connectivity index is 2.14. The first kappa shape index (κ1) is 13.6. The Bertz CT molecular complexity index is 480. The largest absolute Gasteiger partial charge is 0.456 e. The van der Waals surface area contributed by atoms with Crippen LogP contribution in [0.5, 0.6) is 0 Å². The molecule has 5 nitrogen and oxygen atoms in total. The lowest BCUT2D eigenvalue weighted by atomic mass is 10.0. The second-order valence-electron chi connectivity index (χ2n) is 4.01. The molecule has 0 aromatic rings. The van der Waals surface area contributed by atoms with Crippen LogP contribution >= 0.6 is 34.8 Å². The van der Waals surface area contributed by atoms with E-state index >= 15 is 0 Å². The maximum Gasteiger partial charge on any atom is 0.355 e. The standard InChI is InChI=1S/C10H8Cl3NO4/c1-4-7(9(17)18-3-10(11,12)13)14-5(8(4)16)2-6(14)15/h5H,2-3H2,1H3/t5-/m0/s1. The zero-order chi connectivity index (χ0) is 13.7. The number of carbonyl (C=O) groups is 3. The van der Waals surface area contributed by atoms with Gasteiger partial charge in [-0.25, -0.2) is 4.79 Å². The quantitative estimate of drug-likeness (QED) is 0.439. The van der Waals surface area contributed by atoms with Crippen molar-refractivity contribution in [3.8, 4) is 0 Å². The van der Waals surface area contributed by atoms with Gasteiger partial charge in [-0.15, -0.1) is 0 Å². The Morgan fingerprint density at radius 1 is 1.44 bits per heavy atom. The summed E-state index contributed by atoms with van der Waals surface area (Å²) >= 11 is 16.3. The molecule has 1 atom stereocenters. The number of nitrogens with zero attached hydrogens (tertiary/aromatic N) is 1. The number of β-lactam (4-membered cyclic amide) rings is 1. The fourth-order valence-electron chi connectivity index (χ4n) is 1.92. The van der Waals surface area contributed by atoms with Gasteiger partial charge in [0.15, 0.2) is 5.78 Å². The first-order valence-corrected chi connectivity index (χ1v) is 6.17. The van der Waals surface area contributed by atoms with Crippen LogP contribution in [0.25, 0.3) is 0 Å². The topological polar surface area (TPSA) is 63.7 Å². The normalized spacial score (nSPS) is 23.1. The average Bonchev–Trinajstić information content (AvgIpc) is 2.45. The molecule has 8 heteroatoms. The number of hydrogen-bond donors (Lipinski definition) is 0. The Labute approximate surface area is 118 Å². The lowest BCUT2D eigenvalue weighted by molar-refractivity contribution is -0.152. The van der Waals surface area contributed by atoms with E-state index in [9.17, 15) is 14.4 Å². The molecule has 1 fully saturated rings. The second-order valence-corrected chi connectivity index (χ2v) is 6.53. The predicted octanol–water partition coefficient (Wildman–Crippen LogP) is 1.36. The number of esters is 1. The Hall–Kier alpha value is -0.780. The molecular formula is C10H8Cl3NO4. The third-order valence-electron chi connectivity index (χ3n) is 2.78. The third-order valence-corrected chi connectivity index (χ3v) is 3.10. The lowest BCUT2D eigenvalue weighted by Crippen LogP contribution is -2.52. The van der Waals surface area contributed by atoms with Gasteiger partial charge < -0.3 is 4.74 Å². The van der Waals surface area contributed by atoms with E-state index in [1.54, 1.807) is 0 Å². The number of rotatable bonds is 2. The van der Waals surface area contributed by atoms with Gasteiger partial charge in [0.1, 0.15) is 18.3 Å². The van der Waals surface area contributed by atoms with Gasteiger partial charge >= 0.3 is 5.97 Å². The first-order chi connectivity index (χ1) is 8.22. The van der Waals surface area contributed by atoms with Crippen molar-refractivity contribution < 1.29 is 19.1 Å². The summed E-state index contributed by atoms with van der Waals surface area (Å²) < 4.78 is 3.04. The minimum absolute atomic E-state index is 0.0458. The summed E-state index contributed by atoms with van der Waals surface area (Å²) in [5.74, 6) is -1.36. The summed E-state index contributed by atoms with van der Waals surface area (Å²) in [5.41, 5.74) is 0.163. The summed E-state index contributed by atoms with van der Waals surface area (Å²) in [6.07, 6.45) is 0.122. The van der Waals surface area contributed by atoms with Gasteiger partial charge in [-0.1, -0.05) is 34.8 Å². The molecule has 0 spiro atoms. The zero-order valence-corrected chi connectivity index (χ0v) is 11.5. The van der Waals surface area contributed by atoms with Crippen molar-refractivity contribution in [2.75, 3.05) is 6.61 Å². The van der Waals surface area contributed by atoms with Crippen molar-refractivity contribution >= 4 is 52.5 Å². The molecule has 1 saturated heterocycles. The summed E-state index contributed by atoms with van der Waals surface area (Å²) in [6.45, 7) is 1.02. The van der Waals surface area contributed by atoms with Crippen LogP contribution in [-0.2, 0) is 19.1 Å². The van der Waals surface area contributed by atoms with Crippen LogP contribution < -0.4 is 0 Å². The average molecular weight is 313 g/mol. The van der Waals surface area contributed by atoms with E-state index in [-0.39, 0.29) is 29.4 Å². The number of hydrogen-bond acceptors (Lipinski definition) is 4. The molecule has 2 aliphatic rings. The molecule has 2 rings (SSSR count). The van der Waals surface area contributed by atoms with E-state index < -0.39 is 22.4 Å². The van der Waals surface area contributed by atoms with Crippen LogP contribution in [0, 0.1) is 0 Å². The molecule has 2 heterocycles. The smallest absolute Gasteiger partial charge is 0.355 e. The number of Topliss-reactive ketones (excluding diaryl/α,β-unsaturated/α-hetero) is 1. The second kappa shape index (κ2) is 4.40. The Morgan fingerprint density at radius 3 is 2.56 bits per heavy atom. The number of ether oxygens (including phenoxy) is 1. The van der Waals surface area contributed by atoms with Gasteiger partial charge in [-0.2, -0.15) is 0 Å². The van der Waals surface area contributed by atoms with Crippen molar-refractivity contribution in [1.29, 1.82) is 0 Å². The number of fused-ring (bicyclic) bond motifs is 1. The van der Waals surface area contributed by atoms with Crippen LogP contribution in [0.1, 0.15) is 13.3 Å². The maximum absolute atomic E-state index is 11.8. The highest BCUT2D eigenvalue weighted by Crippen LogP contribution is 2.36. The van der Waals surface area contributed by atoms with Crippen LogP contribution in [0.15, 0.2) is 11.3 Å². The summed E-state index contributed by atoms with van der Waals surface area (Å²) in [4.78, 5) is 36.0. The number of halogens is 3. The highest BCUT2D eigenvalue weighted by atomic mass is 35.6. The molecular weight excluding hydrogens is 304 g/mol. The van der Waals surface area contributed by atoms with E-state index in [0.717, 1.165) is 4.90 Å². The predicted molar refractivity (Wildman–Crippen MR) is 64.2 cm³/mol. The van der Waals surface area contributed by atoms with Crippen LogP contribution in [0.4, 0.5) is 0 Å². The fraction of sp³-hybridized carbons (Fsp3) is 0.500. The van der Waals surface area contributed by atoms with Crippen molar-refractivity contribution in [2.45, 2.75) is 23.2 Å². The zero-order valence-electron chi connectivity index (χ0n) is 9.21. The molecule has 0 saturated carbocycles. The molecule has 0 radical (unpaired) electrons. The summed E-state index contributed by atoms with van der Waals surface area (Å²) in [6, 6.07) is -0.562. The van der Waals surface area contributed by atoms with Gasteiger partial charge in [0.2, 0.25) is 9.70 Å². The maximum atomic E-state index is 11.8. The molecule has 0 aromatic heterocycles.